The standard InChI is InChI=1S/C27H31NO/c1-3-18-11-21-12-20(22-14-23-17(2)7-6-10-26(23)28-16-22)13-24(19-8-4-5-9-19)25(21)15-27(18)29/h7,12-14,16,18-19H,3-6,8-11,15H2,1-2H3. The summed E-state index contributed by atoms with van der Waals surface area (Å²) in [6.07, 6.45) is 14.2. The number of rotatable bonds is 3. The number of benzene rings is 1. The van der Waals surface area contributed by atoms with E-state index in [4.69, 9.17) is 4.98 Å². The maximum Gasteiger partial charge on any atom is 0.140 e. The van der Waals surface area contributed by atoms with Crippen LogP contribution < -0.4 is 0 Å². The summed E-state index contributed by atoms with van der Waals surface area (Å²) in [6.45, 7) is 4.36. The minimum absolute atomic E-state index is 0.195. The van der Waals surface area contributed by atoms with Gasteiger partial charge in [0.15, 0.2) is 0 Å². The average Bonchev–Trinajstić information content (AvgIpc) is 3.27. The van der Waals surface area contributed by atoms with Gasteiger partial charge in [-0.1, -0.05) is 38.0 Å². The molecule has 2 nitrogen and oxygen atoms in total. The zero-order chi connectivity index (χ0) is 20.0. The van der Waals surface area contributed by atoms with Gasteiger partial charge in [0.25, 0.3) is 0 Å². The predicted octanol–water partition coefficient (Wildman–Crippen LogP) is 6.45. The Morgan fingerprint density at radius 2 is 1.93 bits per heavy atom. The van der Waals surface area contributed by atoms with Crippen LogP contribution in [0.3, 0.4) is 0 Å². The number of Topliss-reactive ketones (excluding diaryl/α,β-unsaturated/α-hetero) is 1. The van der Waals surface area contributed by atoms with Crippen LogP contribution in [-0.4, -0.2) is 10.8 Å². The van der Waals surface area contributed by atoms with E-state index in [2.05, 4.69) is 44.3 Å². The highest BCUT2D eigenvalue weighted by atomic mass is 16.1. The molecule has 1 unspecified atom stereocenters. The molecule has 2 heteroatoms. The van der Waals surface area contributed by atoms with Crippen molar-refractivity contribution in [3.63, 3.8) is 0 Å². The van der Waals surface area contributed by atoms with Crippen molar-refractivity contribution in [2.75, 3.05) is 0 Å². The SMILES string of the molecule is CCC1Cc2cc(-c3cnc4c(c3)C(C)=CCC4)cc(C3CCCC3)c2CC1=O. The minimum atomic E-state index is 0.195. The molecule has 1 aromatic carbocycles. The van der Waals surface area contributed by atoms with E-state index in [9.17, 15) is 4.79 Å². The van der Waals surface area contributed by atoms with Crippen LogP contribution in [-0.2, 0) is 24.1 Å². The van der Waals surface area contributed by atoms with Crippen molar-refractivity contribution in [3.05, 3.63) is 58.4 Å². The van der Waals surface area contributed by atoms with E-state index >= 15 is 0 Å². The van der Waals surface area contributed by atoms with Gasteiger partial charge >= 0.3 is 0 Å². The maximum atomic E-state index is 12.7. The third-order valence-electron chi connectivity index (χ3n) is 7.50. The smallest absolute Gasteiger partial charge is 0.140 e. The molecule has 0 radical (unpaired) electrons. The Kier molecular flexibility index (Phi) is 4.89. The van der Waals surface area contributed by atoms with E-state index in [0.717, 1.165) is 25.7 Å². The molecule has 1 heterocycles. The zero-order valence-corrected chi connectivity index (χ0v) is 17.8. The number of aryl methyl sites for hydroxylation is 1. The number of ketones is 1. The molecule has 1 saturated carbocycles. The Balaban J connectivity index is 1.63. The second-order valence-corrected chi connectivity index (χ2v) is 9.28. The van der Waals surface area contributed by atoms with E-state index < -0.39 is 0 Å². The van der Waals surface area contributed by atoms with Crippen molar-refractivity contribution in [1.82, 2.24) is 4.98 Å². The molecule has 3 aliphatic rings. The highest BCUT2D eigenvalue weighted by Gasteiger charge is 2.30. The summed E-state index contributed by atoms with van der Waals surface area (Å²) in [5, 5.41) is 0. The third-order valence-corrected chi connectivity index (χ3v) is 7.50. The van der Waals surface area contributed by atoms with Crippen molar-refractivity contribution in [2.24, 2.45) is 5.92 Å². The fraction of sp³-hybridized carbons (Fsp3) is 0.481. The fourth-order valence-electron chi connectivity index (χ4n) is 5.72. The summed E-state index contributed by atoms with van der Waals surface area (Å²) in [7, 11) is 0. The second-order valence-electron chi connectivity index (χ2n) is 9.28. The van der Waals surface area contributed by atoms with Crippen LogP contribution in [0, 0.1) is 5.92 Å². The van der Waals surface area contributed by atoms with Crippen LogP contribution >= 0.6 is 0 Å². The normalized spacial score (nSPS) is 21.7. The lowest BCUT2D eigenvalue weighted by Gasteiger charge is -2.28. The summed E-state index contributed by atoms with van der Waals surface area (Å²) in [4.78, 5) is 17.5. The molecule has 150 valence electrons. The molecular weight excluding hydrogens is 354 g/mol. The minimum Gasteiger partial charge on any atom is -0.299 e. The fourth-order valence-corrected chi connectivity index (χ4v) is 5.72. The number of carbonyl (C=O) groups is 1. The molecule has 0 aliphatic heterocycles. The Bertz CT molecular complexity index is 994. The van der Waals surface area contributed by atoms with Crippen molar-refractivity contribution < 1.29 is 4.79 Å². The van der Waals surface area contributed by atoms with E-state index in [1.807, 2.05) is 0 Å². The number of hydrogen-bond acceptors (Lipinski definition) is 2. The van der Waals surface area contributed by atoms with E-state index in [0.29, 0.717) is 18.1 Å². The largest absolute Gasteiger partial charge is 0.299 e. The highest BCUT2D eigenvalue weighted by Crippen LogP contribution is 2.42. The Morgan fingerprint density at radius 3 is 2.72 bits per heavy atom. The number of aromatic nitrogens is 1. The first kappa shape index (κ1) is 18.8. The second kappa shape index (κ2) is 7.55. The van der Waals surface area contributed by atoms with Gasteiger partial charge in [0.2, 0.25) is 0 Å². The number of carbonyl (C=O) groups excluding carboxylic acids is 1. The van der Waals surface area contributed by atoms with E-state index in [1.165, 1.54) is 70.3 Å². The summed E-state index contributed by atoms with van der Waals surface area (Å²) >= 11 is 0. The molecule has 2 aromatic rings. The summed E-state index contributed by atoms with van der Waals surface area (Å²) in [5.41, 5.74) is 10.7. The zero-order valence-electron chi connectivity index (χ0n) is 17.8. The Labute approximate surface area is 174 Å². The molecule has 0 spiro atoms. The number of nitrogens with zero attached hydrogens (tertiary/aromatic N) is 1. The van der Waals surface area contributed by atoms with Gasteiger partial charge in [0.1, 0.15) is 5.78 Å². The van der Waals surface area contributed by atoms with Crippen LogP contribution in [0.2, 0.25) is 0 Å². The molecule has 3 aliphatic carbocycles. The summed E-state index contributed by atoms with van der Waals surface area (Å²) < 4.78 is 0. The summed E-state index contributed by atoms with van der Waals surface area (Å²) in [6, 6.07) is 7.12. The quantitative estimate of drug-likeness (QED) is 0.608. The third kappa shape index (κ3) is 3.37. The summed E-state index contributed by atoms with van der Waals surface area (Å²) in [5.74, 6) is 1.27. The molecule has 1 atom stereocenters. The number of allylic oxidation sites excluding steroid dienone is 2. The first-order valence-electron chi connectivity index (χ1n) is 11.5. The van der Waals surface area contributed by atoms with Crippen molar-refractivity contribution in [3.8, 4) is 11.1 Å². The number of pyridine rings is 1. The van der Waals surface area contributed by atoms with Gasteiger partial charge in [-0.25, -0.2) is 0 Å². The Morgan fingerprint density at radius 1 is 1.10 bits per heavy atom. The molecule has 1 aromatic heterocycles. The first-order valence-corrected chi connectivity index (χ1v) is 11.5. The van der Waals surface area contributed by atoms with E-state index in [1.54, 1.807) is 0 Å². The first-order chi connectivity index (χ1) is 14.1. The van der Waals surface area contributed by atoms with Gasteiger partial charge in [-0.3, -0.25) is 9.78 Å². The number of hydrogen-bond donors (Lipinski definition) is 0. The average molecular weight is 386 g/mol. The van der Waals surface area contributed by atoms with Gasteiger partial charge in [0.05, 0.1) is 0 Å². The van der Waals surface area contributed by atoms with Gasteiger partial charge in [0, 0.05) is 29.8 Å². The van der Waals surface area contributed by atoms with Gasteiger partial charge < -0.3 is 0 Å². The molecule has 0 saturated heterocycles. The van der Waals surface area contributed by atoms with E-state index in [-0.39, 0.29) is 5.92 Å². The lowest BCUT2D eigenvalue weighted by molar-refractivity contribution is -0.122. The lowest BCUT2D eigenvalue weighted by Crippen LogP contribution is -2.26. The molecule has 0 N–H and O–H groups in total. The van der Waals surface area contributed by atoms with Crippen LogP contribution in [0.4, 0.5) is 0 Å². The highest BCUT2D eigenvalue weighted by molar-refractivity contribution is 5.87. The molecule has 29 heavy (non-hydrogen) atoms. The van der Waals surface area contributed by atoms with Crippen molar-refractivity contribution >= 4 is 11.4 Å². The maximum absolute atomic E-state index is 12.7. The molecule has 1 fully saturated rings. The van der Waals surface area contributed by atoms with Gasteiger partial charge in [-0.2, -0.15) is 0 Å². The molecule has 0 amide bonds. The lowest BCUT2D eigenvalue weighted by atomic mass is 9.76. The van der Waals surface area contributed by atoms with Crippen molar-refractivity contribution in [2.45, 2.75) is 77.6 Å². The molecule has 0 bridgehead atoms. The van der Waals surface area contributed by atoms with Crippen LogP contribution in [0.1, 0.15) is 86.2 Å². The van der Waals surface area contributed by atoms with Crippen LogP contribution in [0.25, 0.3) is 16.7 Å². The van der Waals surface area contributed by atoms with Gasteiger partial charge in [-0.05, 0) is 90.8 Å². The molecular formula is C27H31NO. The predicted molar refractivity (Wildman–Crippen MR) is 119 cm³/mol. The topological polar surface area (TPSA) is 30.0 Å². The molecule has 5 rings (SSSR count). The Hall–Kier alpha value is -2.22. The van der Waals surface area contributed by atoms with Crippen LogP contribution in [0.15, 0.2) is 30.5 Å². The monoisotopic (exact) mass is 385 g/mol. The van der Waals surface area contributed by atoms with Gasteiger partial charge in [-0.15, -0.1) is 0 Å². The van der Waals surface area contributed by atoms with Crippen molar-refractivity contribution in [1.29, 1.82) is 0 Å². The number of fused-ring (bicyclic) bond motifs is 2. The van der Waals surface area contributed by atoms with Crippen LogP contribution in [0.5, 0.6) is 0 Å².